The highest BCUT2D eigenvalue weighted by Crippen LogP contribution is 2.32. The van der Waals surface area contributed by atoms with Crippen LogP contribution in [0.2, 0.25) is 0 Å². The summed E-state index contributed by atoms with van der Waals surface area (Å²) in [5.41, 5.74) is 1.38. The Morgan fingerprint density at radius 3 is 2.48 bits per heavy atom. The van der Waals surface area contributed by atoms with Crippen molar-refractivity contribution >= 4 is 38.3 Å². The predicted molar refractivity (Wildman–Crippen MR) is 123 cm³/mol. The number of aromatic nitrogens is 1. The summed E-state index contributed by atoms with van der Waals surface area (Å²) in [4.78, 5) is 32.7. The van der Waals surface area contributed by atoms with E-state index < -0.39 is 10.0 Å². The monoisotopic (exact) mass is 490 g/mol. The first-order chi connectivity index (χ1) is 15.9. The summed E-state index contributed by atoms with van der Waals surface area (Å²) in [5.74, 6) is -0.0177. The van der Waals surface area contributed by atoms with Crippen molar-refractivity contribution in [2.24, 2.45) is 5.92 Å². The highest BCUT2D eigenvalue weighted by Gasteiger charge is 2.29. The van der Waals surface area contributed by atoms with Crippen molar-refractivity contribution in [3.8, 4) is 0 Å². The zero-order valence-corrected chi connectivity index (χ0v) is 19.8. The number of thiazole rings is 1. The average molecular weight is 491 g/mol. The fourth-order valence-corrected chi connectivity index (χ4v) is 6.62. The smallest absolute Gasteiger partial charge is 0.254 e. The van der Waals surface area contributed by atoms with Gasteiger partial charge in [0.2, 0.25) is 15.9 Å². The van der Waals surface area contributed by atoms with Crippen LogP contribution in [0.15, 0.2) is 29.2 Å². The molecule has 3 heterocycles. The lowest BCUT2D eigenvalue weighted by atomic mass is 9.85. The van der Waals surface area contributed by atoms with Crippen LogP contribution in [0.5, 0.6) is 0 Å². The van der Waals surface area contributed by atoms with Gasteiger partial charge < -0.3 is 15.0 Å². The van der Waals surface area contributed by atoms with Gasteiger partial charge in [-0.05, 0) is 37.1 Å². The van der Waals surface area contributed by atoms with Crippen LogP contribution in [0.1, 0.15) is 40.2 Å². The number of sulfonamides is 1. The first-order valence-electron chi connectivity index (χ1n) is 11.2. The molecule has 3 aliphatic rings. The summed E-state index contributed by atoms with van der Waals surface area (Å²) in [6, 6.07) is 6.13. The molecule has 0 unspecified atom stereocenters. The minimum Gasteiger partial charge on any atom is -0.379 e. The Morgan fingerprint density at radius 1 is 1.09 bits per heavy atom. The molecular formula is C22H26N4O5S2. The molecule has 2 aliphatic heterocycles. The second kappa shape index (κ2) is 9.13. The van der Waals surface area contributed by atoms with Gasteiger partial charge in [-0.15, -0.1) is 0 Å². The maximum atomic E-state index is 13.1. The number of ether oxygens (including phenoxy) is 1. The lowest BCUT2D eigenvalue weighted by Crippen LogP contribution is -2.40. The normalized spacial score (nSPS) is 19.6. The molecule has 0 bridgehead atoms. The summed E-state index contributed by atoms with van der Waals surface area (Å²) in [7, 11) is -3.59. The van der Waals surface area contributed by atoms with E-state index in [4.69, 9.17) is 4.74 Å². The number of anilines is 1. The van der Waals surface area contributed by atoms with Crippen LogP contribution in [0.25, 0.3) is 0 Å². The van der Waals surface area contributed by atoms with Crippen molar-refractivity contribution in [1.29, 1.82) is 0 Å². The predicted octanol–water partition coefficient (Wildman–Crippen LogP) is 2.10. The van der Waals surface area contributed by atoms with Crippen molar-refractivity contribution in [1.82, 2.24) is 14.2 Å². The van der Waals surface area contributed by atoms with E-state index in [1.807, 2.05) is 0 Å². The molecule has 1 aliphatic carbocycles. The average Bonchev–Trinajstić information content (AvgIpc) is 3.19. The van der Waals surface area contributed by atoms with E-state index in [9.17, 15) is 18.0 Å². The van der Waals surface area contributed by atoms with Gasteiger partial charge in [-0.3, -0.25) is 9.59 Å². The van der Waals surface area contributed by atoms with E-state index in [2.05, 4.69) is 10.3 Å². The van der Waals surface area contributed by atoms with Gasteiger partial charge in [0, 0.05) is 42.4 Å². The third-order valence-electron chi connectivity index (χ3n) is 6.43. The van der Waals surface area contributed by atoms with E-state index in [1.165, 1.54) is 27.8 Å². The largest absolute Gasteiger partial charge is 0.379 e. The number of fused-ring (bicyclic) bond motifs is 1. The lowest BCUT2D eigenvalue weighted by Gasteiger charge is -2.27. The minimum absolute atomic E-state index is 0.0346. The number of carbonyl (C=O) groups is 2. The fraction of sp³-hybridized carbons (Fsp3) is 0.500. The SMILES string of the molecule is O=C(Nc1nc2c(s1)CN(C(=O)c1ccc(S(=O)(=O)N3CCOCC3)cc1)CC2)C1CCC1. The maximum absolute atomic E-state index is 13.1. The van der Waals surface area contributed by atoms with Gasteiger partial charge in [0.1, 0.15) is 0 Å². The van der Waals surface area contributed by atoms with E-state index in [0.29, 0.717) is 56.5 Å². The van der Waals surface area contributed by atoms with E-state index in [0.717, 1.165) is 29.8 Å². The number of benzene rings is 1. The van der Waals surface area contributed by atoms with Crippen molar-refractivity contribution < 1.29 is 22.7 Å². The van der Waals surface area contributed by atoms with Crippen LogP contribution >= 0.6 is 11.3 Å². The zero-order valence-electron chi connectivity index (χ0n) is 18.2. The molecule has 1 saturated heterocycles. The first kappa shape index (κ1) is 22.5. The van der Waals surface area contributed by atoms with Crippen LogP contribution in [-0.4, -0.2) is 67.3 Å². The molecule has 0 atom stereocenters. The fourth-order valence-electron chi connectivity index (χ4n) is 4.19. The van der Waals surface area contributed by atoms with Crippen LogP contribution < -0.4 is 5.32 Å². The molecule has 1 N–H and O–H groups in total. The Morgan fingerprint density at radius 2 is 1.82 bits per heavy atom. The third kappa shape index (κ3) is 4.54. The standard InChI is InChI=1S/C22H26N4O5S2/c27-20(15-2-1-3-15)24-22-23-18-8-9-25(14-19(18)32-22)21(28)16-4-6-17(7-5-16)33(29,30)26-10-12-31-13-11-26/h4-7,15H,1-3,8-14H2,(H,23,24,27). The van der Waals surface area contributed by atoms with Crippen LogP contribution in [0.3, 0.4) is 0 Å². The van der Waals surface area contributed by atoms with E-state index >= 15 is 0 Å². The molecule has 2 amide bonds. The number of carbonyl (C=O) groups excluding carboxylic acids is 2. The number of morpholine rings is 1. The minimum atomic E-state index is -3.59. The number of rotatable bonds is 5. The second-order valence-corrected chi connectivity index (χ2v) is 11.5. The second-order valence-electron chi connectivity index (χ2n) is 8.52. The van der Waals surface area contributed by atoms with Crippen molar-refractivity contribution in [2.45, 2.75) is 37.1 Å². The number of amides is 2. The molecule has 2 fully saturated rings. The highest BCUT2D eigenvalue weighted by atomic mass is 32.2. The third-order valence-corrected chi connectivity index (χ3v) is 9.34. The molecule has 0 radical (unpaired) electrons. The number of hydrogen-bond acceptors (Lipinski definition) is 7. The maximum Gasteiger partial charge on any atom is 0.254 e. The topological polar surface area (TPSA) is 109 Å². The molecule has 1 saturated carbocycles. The molecule has 176 valence electrons. The van der Waals surface area contributed by atoms with Gasteiger partial charge in [0.15, 0.2) is 5.13 Å². The number of nitrogens with one attached hydrogen (secondary N) is 1. The summed E-state index contributed by atoms with van der Waals surface area (Å²) < 4.78 is 32.2. The quantitative estimate of drug-likeness (QED) is 0.688. The zero-order chi connectivity index (χ0) is 23.0. The Hall–Kier alpha value is -2.34. The molecule has 1 aromatic heterocycles. The molecule has 11 heteroatoms. The number of hydrogen-bond donors (Lipinski definition) is 1. The molecule has 5 rings (SSSR count). The van der Waals surface area contributed by atoms with Crippen LogP contribution in [-0.2, 0) is 32.5 Å². The summed E-state index contributed by atoms with van der Waals surface area (Å²) in [6.07, 6.45) is 3.60. The Bertz CT molecular complexity index is 1150. The van der Waals surface area contributed by atoms with Gasteiger partial charge in [-0.25, -0.2) is 13.4 Å². The number of nitrogens with zero attached hydrogens (tertiary/aromatic N) is 3. The molecule has 1 aromatic carbocycles. The summed E-state index contributed by atoms with van der Waals surface area (Å²) in [5, 5.41) is 3.52. The van der Waals surface area contributed by atoms with Crippen molar-refractivity contribution in [2.75, 3.05) is 38.2 Å². The van der Waals surface area contributed by atoms with Gasteiger partial charge in [-0.1, -0.05) is 17.8 Å². The molecule has 9 nitrogen and oxygen atoms in total. The van der Waals surface area contributed by atoms with Gasteiger partial charge in [0.05, 0.1) is 30.3 Å². The van der Waals surface area contributed by atoms with Gasteiger partial charge in [0.25, 0.3) is 5.91 Å². The highest BCUT2D eigenvalue weighted by molar-refractivity contribution is 7.89. The first-order valence-corrected chi connectivity index (χ1v) is 13.4. The Balaban J connectivity index is 1.24. The lowest BCUT2D eigenvalue weighted by molar-refractivity contribution is -0.122. The van der Waals surface area contributed by atoms with Gasteiger partial charge >= 0.3 is 0 Å². The van der Waals surface area contributed by atoms with Gasteiger partial charge in [-0.2, -0.15) is 4.31 Å². The Kier molecular flexibility index (Phi) is 6.21. The summed E-state index contributed by atoms with van der Waals surface area (Å²) >= 11 is 1.42. The van der Waals surface area contributed by atoms with Crippen molar-refractivity contribution in [3.63, 3.8) is 0 Å². The Labute approximate surface area is 196 Å². The van der Waals surface area contributed by atoms with Crippen LogP contribution in [0.4, 0.5) is 5.13 Å². The van der Waals surface area contributed by atoms with Crippen molar-refractivity contribution in [3.05, 3.63) is 40.4 Å². The summed E-state index contributed by atoms with van der Waals surface area (Å²) in [6.45, 7) is 2.39. The molecule has 33 heavy (non-hydrogen) atoms. The molecule has 2 aromatic rings. The van der Waals surface area contributed by atoms with E-state index in [-0.39, 0.29) is 22.6 Å². The van der Waals surface area contributed by atoms with Crippen LogP contribution in [0, 0.1) is 5.92 Å². The van der Waals surface area contributed by atoms with E-state index in [1.54, 1.807) is 17.0 Å². The molecular weight excluding hydrogens is 464 g/mol. The molecule has 0 spiro atoms.